The van der Waals surface area contributed by atoms with Gasteiger partial charge >= 0.3 is 0 Å². The zero-order valence-corrected chi connectivity index (χ0v) is 5.09. The molecular formula is C5H10O3. The van der Waals surface area contributed by atoms with Crippen LogP contribution in [0.1, 0.15) is 6.92 Å². The molecule has 0 N–H and O–H groups in total. The van der Waals surface area contributed by atoms with Crippen LogP contribution in [0.4, 0.5) is 0 Å². The predicted octanol–water partition coefficient (Wildman–Crippen LogP) is 0.194. The van der Waals surface area contributed by atoms with E-state index in [1.807, 2.05) is 0 Å². The maximum Gasteiger partial charge on any atom is 0.148 e. The maximum absolute atomic E-state index is 9.83. The van der Waals surface area contributed by atoms with Gasteiger partial charge in [0, 0.05) is 7.11 Å². The molecule has 0 spiro atoms. The van der Waals surface area contributed by atoms with Crippen LogP contribution in [0.5, 0.6) is 0 Å². The second-order valence-electron chi connectivity index (χ2n) is 1.41. The molecule has 0 saturated carbocycles. The van der Waals surface area contributed by atoms with Gasteiger partial charge in [-0.2, -0.15) is 0 Å². The lowest BCUT2D eigenvalue weighted by Gasteiger charge is -2.02. The van der Waals surface area contributed by atoms with Crippen molar-refractivity contribution >= 4 is 6.29 Å². The molecule has 0 aromatic rings. The van der Waals surface area contributed by atoms with Crippen LogP contribution in [0.15, 0.2) is 0 Å². The Hall–Kier alpha value is -0.410. The van der Waals surface area contributed by atoms with Crippen molar-refractivity contribution in [3.05, 3.63) is 0 Å². The second kappa shape index (κ2) is 4.74. The highest BCUT2D eigenvalue weighted by Crippen LogP contribution is 1.82. The van der Waals surface area contributed by atoms with Crippen LogP contribution in [0.2, 0.25) is 0 Å². The molecule has 8 heavy (non-hydrogen) atoms. The SMILES string of the molecule is COCO[C@H](C)C=O. The van der Waals surface area contributed by atoms with E-state index >= 15 is 0 Å². The molecule has 0 aromatic heterocycles. The van der Waals surface area contributed by atoms with E-state index in [4.69, 9.17) is 4.74 Å². The zero-order valence-electron chi connectivity index (χ0n) is 5.09. The summed E-state index contributed by atoms with van der Waals surface area (Å²) >= 11 is 0. The number of rotatable bonds is 4. The third-order valence-electron chi connectivity index (χ3n) is 0.640. The smallest absolute Gasteiger partial charge is 0.148 e. The first-order valence-electron chi connectivity index (χ1n) is 2.37. The number of hydrogen-bond donors (Lipinski definition) is 0. The Kier molecular flexibility index (Phi) is 4.50. The van der Waals surface area contributed by atoms with Crippen molar-refractivity contribution in [2.24, 2.45) is 0 Å². The first kappa shape index (κ1) is 7.59. The van der Waals surface area contributed by atoms with Gasteiger partial charge in [0.15, 0.2) is 0 Å². The summed E-state index contributed by atoms with van der Waals surface area (Å²) in [5, 5.41) is 0. The first-order valence-corrected chi connectivity index (χ1v) is 2.37. The number of aldehydes is 1. The predicted molar refractivity (Wildman–Crippen MR) is 28.5 cm³/mol. The summed E-state index contributed by atoms with van der Waals surface area (Å²) in [6.07, 6.45) is 0.369. The van der Waals surface area contributed by atoms with Gasteiger partial charge < -0.3 is 14.3 Å². The minimum atomic E-state index is -0.352. The summed E-state index contributed by atoms with van der Waals surface area (Å²) in [6, 6.07) is 0. The minimum absolute atomic E-state index is 0.180. The van der Waals surface area contributed by atoms with Crippen LogP contribution >= 0.6 is 0 Å². The van der Waals surface area contributed by atoms with Crippen LogP contribution in [0.3, 0.4) is 0 Å². The van der Waals surface area contributed by atoms with Gasteiger partial charge in [-0.15, -0.1) is 0 Å². The van der Waals surface area contributed by atoms with Crippen molar-refractivity contribution < 1.29 is 14.3 Å². The quantitative estimate of drug-likeness (QED) is 0.390. The van der Waals surface area contributed by atoms with Crippen molar-refractivity contribution in [3.8, 4) is 0 Å². The molecule has 0 saturated heterocycles. The molecule has 0 rings (SSSR count). The Bertz CT molecular complexity index is 62.7. The number of carbonyl (C=O) groups is 1. The lowest BCUT2D eigenvalue weighted by molar-refractivity contribution is -0.125. The van der Waals surface area contributed by atoms with E-state index < -0.39 is 0 Å². The van der Waals surface area contributed by atoms with Crippen molar-refractivity contribution in [1.82, 2.24) is 0 Å². The molecule has 0 aliphatic carbocycles. The molecule has 0 amide bonds. The molecular weight excluding hydrogens is 108 g/mol. The molecule has 0 unspecified atom stereocenters. The summed E-state index contributed by atoms with van der Waals surface area (Å²) in [5.41, 5.74) is 0. The average Bonchev–Trinajstić information content (AvgIpc) is 1.83. The maximum atomic E-state index is 9.83. The van der Waals surface area contributed by atoms with Crippen molar-refractivity contribution in [1.29, 1.82) is 0 Å². The van der Waals surface area contributed by atoms with E-state index in [1.165, 1.54) is 7.11 Å². The Balaban J connectivity index is 2.98. The third kappa shape index (κ3) is 3.77. The standard InChI is InChI=1S/C5H10O3/c1-5(3-6)8-4-7-2/h3,5H,4H2,1-2H3/t5-/m1/s1. The van der Waals surface area contributed by atoms with Crippen LogP contribution in [0.25, 0.3) is 0 Å². The number of hydrogen-bond acceptors (Lipinski definition) is 3. The molecule has 0 fully saturated rings. The van der Waals surface area contributed by atoms with Gasteiger partial charge in [-0.1, -0.05) is 0 Å². The minimum Gasteiger partial charge on any atom is -0.359 e. The first-order chi connectivity index (χ1) is 3.81. The Morgan fingerprint density at radius 2 is 2.38 bits per heavy atom. The molecule has 0 radical (unpaired) electrons. The Labute approximate surface area is 48.6 Å². The third-order valence-corrected chi connectivity index (χ3v) is 0.640. The lowest BCUT2D eigenvalue weighted by Crippen LogP contribution is -2.10. The van der Waals surface area contributed by atoms with Gasteiger partial charge in [0.05, 0.1) is 0 Å². The molecule has 0 aliphatic heterocycles. The number of methoxy groups -OCH3 is 1. The molecule has 3 heteroatoms. The van der Waals surface area contributed by atoms with Gasteiger partial charge in [-0.05, 0) is 6.92 Å². The van der Waals surface area contributed by atoms with Gasteiger partial charge in [-0.3, -0.25) is 0 Å². The van der Waals surface area contributed by atoms with E-state index in [9.17, 15) is 4.79 Å². The summed E-state index contributed by atoms with van der Waals surface area (Å²) < 4.78 is 9.28. The van der Waals surface area contributed by atoms with Crippen LogP contribution in [-0.4, -0.2) is 26.3 Å². The molecule has 0 bridgehead atoms. The summed E-state index contributed by atoms with van der Waals surface area (Å²) in [7, 11) is 1.51. The van der Waals surface area contributed by atoms with Gasteiger partial charge in [0.1, 0.15) is 19.2 Å². The van der Waals surface area contributed by atoms with Crippen molar-refractivity contribution in [2.45, 2.75) is 13.0 Å². The Morgan fingerprint density at radius 3 is 2.75 bits per heavy atom. The van der Waals surface area contributed by atoms with Crippen molar-refractivity contribution in [3.63, 3.8) is 0 Å². The van der Waals surface area contributed by atoms with Crippen molar-refractivity contribution in [2.75, 3.05) is 13.9 Å². The van der Waals surface area contributed by atoms with Crippen LogP contribution in [-0.2, 0) is 14.3 Å². The van der Waals surface area contributed by atoms with E-state index in [0.29, 0.717) is 0 Å². The van der Waals surface area contributed by atoms with Gasteiger partial charge in [0.2, 0.25) is 0 Å². The van der Waals surface area contributed by atoms with E-state index in [1.54, 1.807) is 6.92 Å². The van der Waals surface area contributed by atoms with Gasteiger partial charge in [-0.25, -0.2) is 0 Å². The fourth-order valence-corrected chi connectivity index (χ4v) is 0.215. The molecule has 1 atom stereocenters. The summed E-state index contributed by atoms with van der Waals surface area (Å²) in [4.78, 5) is 9.83. The molecule has 3 nitrogen and oxygen atoms in total. The largest absolute Gasteiger partial charge is 0.359 e. The highest BCUT2D eigenvalue weighted by Gasteiger charge is 1.94. The fraction of sp³-hybridized carbons (Fsp3) is 0.800. The normalized spacial score (nSPS) is 13.2. The lowest BCUT2D eigenvalue weighted by atomic mass is 10.5. The Morgan fingerprint density at radius 1 is 1.75 bits per heavy atom. The van der Waals surface area contributed by atoms with E-state index in [0.717, 1.165) is 6.29 Å². The van der Waals surface area contributed by atoms with Crippen LogP contribution < -0.4 is 0 Å². The highest BCUT2D eigenvalue weighted by molar-refractivity contribution is 5.54. The molecule has 0 heterocycles. The van der Waals surface area contributed by atoms with Gasteiger partial charge in [0.25, 0.3) is 0 Å². The highest BCUT2D eigenvalue weighted by atomic mass is 16.7. The summed E-state index contributed by atoms with van der Waals surface area (Å²) in [5.74, 6) is 0. The average molecular weight is 118 g/mol. The van der Waals surface area contributed by atoms with Crippen LogP contribution in [0, 0.1) is 0 Å². The monoisotopic (exact) mass is 118 g/mol. The zero-order chi connectivity index (χ0) is 6.41. The molecule has 0 aliphatic rings. The molecule has 0 aromatic carbocycles. The van der Waals surface area contributed by atoms with E-state index in [-0.39, 0.29) is 12.9 Å². The molecule has 48 valence electrons. The second-order valence-corrected chi connectivity index (χ2v) is 1.41. The van der Waals surface area contributed by atoms with E-state index in [2.05, 4.69) is 4.74 Å². The summed E-state index contributed by atoms with van der Waals surface area (Å²) in [6.45, 7) is 1.84. The number of carbonyl (C=O) groups excluding carboxylic acids is 1. The number of ether oxygens (including phenoxy) is 2. The fourth-order valence-electron chi connectivity index (χ4n) is 0.215. The topological polar surface area (TPSA) is 35.5 Å².